The van der Waals surface area contributed by atoms with Crippen LogP contribution in [0.4, 0.5) is 0 Å². The van der Waals surface area contributed by atoms with Crippen molar-refractivity contribution in [3.8, 4) is 0 Å². The van der Waals surface area contributed by atoms with Gasteiger partial charge in [-0.1, -0.05) is 11.3 Å². The van der Waals surface area contributed by atoms with Crippen LogP contribution in [0.15, 0.2) is 18.2 Å². The van der Waals surface area contributed by atoms with Gasteiger partial charge in [0.2, 0.25) is 0 Å². The fourth-order valence-corrected chi connectivity index (χ4v) is 2.12. The third kappa shape index (κ3) is 2.48. The molecule has 2 aromatic rings. The van der Waals surface area contributed by atoms with Crippen molar-refractivity contribution >= 4 is 26.8 Å². The number of para-hydroxylation sites is 1. The Balaban J connectivity index is 2.49. The van der Waals surface area contributed by atoms with Crippen LogP contribution in [0, 0.1) is 0 Å². The molecule has 0 bridgehead atoms. The van der Waals surface area contributed by atoms with Gasteiger partial charge in [0.1, 0.15) is 20.9 Å². The van der Waals surface area contributed by atoms with Gasteiger partial charge in [0.25, 0.3) is 0 Å². The zero-order chi connectivity index (χ0) is 13.3. The monoisotopic (exact) mass is 269 g/mol. The van der Waals surface area contributed by atoms with Crippen molar-refractivity contribution in [3.05, 3.63) is 23.8 Å². The van der Waals surface area contributed by atoms with Crippen LogP contribution in [-0.2, 0) is 16.4 Å². The number of carboxylic acids is 1. The van der Waals surface area contributed by atoms with Gasteiger partial charge in [0, 0.05) is 6.26 Å². The van der Waals surface area contributed by atoms with Gasteiger partial charge in [0.15, 0.2) is 0 Å². The fourth-order valence-electron chi connectivity index (χ4n) is 1.61. The Kier molecular flexibility index (Phi) is 3.04. The van der Waals surface area contributed by atoms with E-state index in [9.17, 15) is 13.2 Å². The highest BCUT2D eigenvalue weighted by atomic mass is 32.2. The molecule has 0 saturated heterocycles. The fraction of sp³-hybridized carbons (Fsp3) is 0.300. The van der Waals surface area contributed by atoms with Crippen molar-refractivity contribution in [3.63, 3.8) is 0 Å². The number of aromatic nitrogens is 3. The first-order valence-corrected chi connectivity index (χ1v) is 7.18. The summed E-state index contributed by atoms with van der Waals surface area (Å²) in [7, 11) is -3.14. The van der Waals surface area contributed by atoms with Crippen LogP contribution >= 0.6 is 0 Å². The van der Waals surface area contributed by atoms with Gasteiger partial charge in [-0.25, -0.2) is 17.9 Å². The van der Waals surface area contributed by atoms with Gasteiger partial charge in [-0.2, -0.15) is 0 Å². The molecule has 7 nitrogen and oxygen atoms in total. The van der Waals surface area contributed by atoms with Crippen LogP contribution in [0.5, 0.6) is 0 Å². The molecule has 0 saturated carbocycles. The van der Waals surface area contributed by atoms with Crippen molar-refractivity contribution in [1.82, 2.24) is 15.0 Å². The van der Waals surface area contributed by atoms with Crippen molar-refractivity contribution in [2.45, 2.75) is 6.54 Å². The van der Waals surface area contributed by atoms with Gasteiger partial charge in [-0.05, 0) is 12.1 Å². The summed E-state index contributed by atoms with van der Waals surface area (Å²) in [6.45, 7) is 0.0830. The van der Waals surface area contributed by atoms with Gasteiger partial charge in [-0.3, -0.25) is 0 Å². The number of hydrogen-bond acceptors (Lipinski definition) is 5. The molecule has 0 amide bonds. The van der Waals surface area contributed by atoms with E-state index in [1.807, 2.05) is 0 Å². The van der Waals surface area contributed by atoms with E-state index in [0.717, 1.165) is 6.26 Å². The highest BCUT2D eigenvalue weighted by Crippen LogP contribution is 2.16. The average molecular weight is 269 g/mol. The number of hydrogen-bond donors (Lipinski definition) is 1. The molecule has 1 aromatic carbocycles. The Bertz CT molecular complexity index is 705. The molecule has 2 rings (SSSR count). The zero-order valence-electron chi connectivity index (χ0n) is 9.57. The molecule has 0 aliphatic heterocycles. The summed E-state index contributed by atoms with van der Waals surface area (Å²) in [5.74, 6) is -1.21. The maximum atomic E-state index is 11.1. The third-order valence-electron chi connectivity index (χ3n) is 2.44. The predicted molar refractivity (Wildman–Crippen MR) is 64.2 cm³/mol. The molecule has 0 aliphatic rings. The quantitative estimate of drug-likeness (QED) is 0.849. The summed E-state index contributed by atoms with van der Waals surface area (Å²) in [6, 6.07) is 4.64. The number of benzene rings is 1. The molecular weight excluding hydrogens is 258 g/mol. The van der Waals surface area contributed by atoms with Gasteiger partial charge >= 0.3 is 5.97 Å². The molecule has 1 aromatic heterocycles. The maximum Gasteiger partial charge on any atom is 0.337 e. The highest BCUT2D eigenvalue weighted by molar-refractivity contribution is 7.90. The predicted octanol–water partition coefficient (Wildman–Crippen LogP) is 0.174. The van der Waals surface area contributed by atoms with Crippen LogP contribution < -0.4 is 0 Å². The van der Waals surface area contributed by atoms with Crippen molar-refractivity contribution in [2.24, 2.45) is 0 Å². The first-order valence-electron chi connectivity index (χ1n) is 5.12. The third-order valence-corrected chi connectivity index (χ3v) is 3.36. The molecule has 1 N–H and O–H groups in total. The van der Waals surface area contributed by atoms with Crippen molar-refractivity contribution < 1.29 is 18.3 Å². The summed E-state index contributed by atoms with van der Waals surface area (Å²) in [6.07, 6.45) is 1.12. The number of aromatic carboxylic acids is 1. The van der Waals surface area contributed by atoms with Crippen LogP contribution in [0.1, 0.15) is 10.4 Å². The van der Waals surface area contributed by atoms with E-state index in [1.165, 1.54) is 10.7 Å². The first-order chi connectivity index (χ1) is 8.38. The lowest BCUT2D eigenvalue weighted by Crippen LogP contribution is -2.13. The maximum absolute atomic E-state index is 11.1. The minimum absolute atomic E-state index is 0.0611. The minimum atomic E-state index is -3.14. The number of carboxylic acid groups (broad SMARTS) is 1. The minimum Gasteiger partial charge on any atom is -0.478 e. The standard InChI is InChI=1S/C10H11N3O4S/c1-18(16,17)6-5-13-9-7(10(14)15)3-2-4-8(9)11-12-13/h2-4H,5-6H2,1H3,(H,14,15). The highest BCUT2D eigenvalue weighted by Gasteiger charge is 2.15. The Morgan fingerprint density at radius 3 is 2.78 bits per heavy atom. The number of rotatable bonds is 4. The smallest absolute Gasteiger partial charge is 0.337 e. The van der Waals surface area contributed by atoms with Crippen LogP contribution in [0.25, 0.3) is 11.0 Å². The second-order valence-corrected chi connectivity index (χ2v) is 6.18. The Morgan fingerprint density at radius 1 is 1.44 bits per heavy atom. The number of fused-ring (bicyclic) bond motifs is 1. The zero-order valence-corrected chi connectivity index (χ0v) is 10.4. The molecular formula is C10H11N3O4S. The lowest BCUT2D eigenvalue weighted by molar-refractivity contribution is 0.0698. The summed E-state index contributed by atoms with van der Waals surface area (Å²) in [5.41, 5.74) is 0.836. The van der Waals surface area contributed by atoms with E-state index < -0.39 is 15.8 Å². The SMILES string of the molecule is CS(=O)(=O)CCn1nnc2cccc(C(=O)O)c21. The average Bonchev–Trinajstić information content (AvgIpc) is 2.68. The first kappa shape index (κ1) is 12.5. The van der Waals surface area contributed by atoms with Crippen LogP contribution in [-0.4, -0.2) is 46.5 Å². The molecule has 0 unspecified atom stereocenters. The molecule has 0 aliphatic carbocycles. The number of sulfone groups is 1. The Morgan fingerprint density at radius 2 is 2.17 bits per heavy atom. The molecule has 96 valence electrons. The Labute approximate surface area is 103 Å². The largest absolute Gasteiger partial charge is 0.478 e. The molecule has 0 spiro atoms. The summed E-state index contributed by atoms with van der Waals surface area (Å²) < 4.78 is 23.5. The molecule has 0 atom stereocenters. The van der Waals surface area contributed by atoms with E-state index in [-0.39, 0.29) is 17.9 Å². The van der Waals surface area contributed by atoms with Gasteiger partial charge in [0.05, 0.1) is 17.9 Å². The van der Waals surface area contributed by atoms with Gasteiger partial charge < -0.3 is 5.11 Å². The van der Waals surface area contributed by atoms with E-state index in [4.69, 9.17) is 5.11 Å². The van der Waals surface area contributed by atoms with Crippen molar-refractivity contribution in [2.75, 3.05) is 12.0 Å². The van der Waals surface area contributed by atoms with Crippen LogP contribution in [0.3, 0.4) is 0 Å². The summed E-state index contributed by atoms with van der Waals surface area (Å²) >= 11 is 0. The second kappa shape index (κ2) is 4.37. The number of aryl methyl sites for hydroxylation is 1. The lowest BCUT2D eigenvalue weighted by Gasteiger charge is -2.03. The summed E-state index contributed by atoms with van der Waals surface area (Å²) in [4.78, 5) is 11.1. The normalized spacial score (nSPS) is 11.8. The second-order valence-electron chi connectivity index (χ2n) is 3.92. The topological polar surface area (TPSA) is 102 Å². The lowest BCUT2D eigenvalue weighted by atomic mass is 10.2. The molecule has 18 heavy (non-hydrogen) atoms. The van der Waals surface area contributed by atoms with E-state index in [2.05, 4.69) is 10.3 Å². The van der Waals surface area contributed by atoms with Crippen molar-refractivity contribution in [1.29, 1.82) is 0 Å². The molecule has 1 heterocycles. The molecule has 0 radical (unpaired) electrons. The number of nitrogens with zero attached hydrogens (tertiary/aromatic N) is 3. The molecule has 0 fully saturated rings. The summed E-state index contributed by atoms with van der Waals surface area (Å²) in [5, 5.41) is 16.7. The van der Waals surface area contributed by atoms with E-state index >= 15 is 0 Å². The van der Waals surface area contributed by atoms with Crippen LogP contribution in [0.2, 0.25) is 0 Å². The van der Waals surface area contributed by atoms with E-state index in [1.54, 1.807) is 12.1 Å². The Hall–Kier alpha value is -1.96. The van der Waals surface area contributed by atoms with E-state index in [0.29, 0.717) is 11.0 Å². The number of carbonyl (C=O) groups is 1. The van der Waals surface area contributed by atoms with Gasteiger partial charge in [-0.15, -0.1) is 5.10 Å². The molecule has 8 heteroatoms.